The number of nitrogens with one attached hydrogen (secondary N) is 1. The second-order valence-corrected chi connectivity index (χ2v) is 8.24. The highest BCUT2D eigenvalue weighted by Gasteiger charge is 2.41. The van der Waals surface area contributed by atoms with E-state index in [1.807, 2.05) is 18.2 Å². The molecule has 0 aliphatic carbocycles. The van der Waals surface area contributed by atoms with Gasteiger partial charge in [-0.05, 0) is 23.6 Å². The number of likely N-dealkylation sites (tertiary alicyclic amines) is 1. The summed E-state index contributed by atoms with van der Waals surface area (Å²) < 4.78 is 31.3. The lowest BCUT2D eigenvalue weighted by Gasteiger charge is -2.32. The molecule has 1 N–H and O–H groups in total. The van der Waals surface area contributed by atoms with Crippen molar-refractivity contribution in [2.24, 2.45) is 11.8 Å². The number of hydrogen-bond donors (Lipinski definition) is 1. The molecule has 0 aromatic heterocycles. The SMILES string of the molecule is CS(=O)(=O)N[C@@H]1COC[C@H]2CN(Cc3cccc(C#N)c3)C[C@H]21. The molecule has 1 aromatic carbocycles. The van der Waals surface area contributed by atoms with Crippen LogP contribution in [0, 0.1) is 23.2 Å². The summed E-state index contributed by atoms with van der Waals surface area (Å²) in [7, 11) is -3.23. The Hall–Kier alpha value is -1.46. The van der Waals surface area contributed by atoms with Crippen molar-refractivity contribution in [2.75, 3.05) is 32.6 Å². The quantitative estimate of drug-likeness (QED) is 0.869. The summed E-state index contributed by atoms with van der Waals surface area (Å²) in [6.45, 7) is 3.63. The van der Waals surface area contributed by atoms with Crippen molar-refractivity contribution in [3.05, 3.63) is 35.4 Å². The third-order valence-corrected chi connectivity index (χ3v) is 5.27. The van der Waals surface area contributed by atoms with Crippen LogP contribution in [0.2, 0.25) is 0 Å². The predicted octanol–water partition coefficient (Wildman–Crippen LogP) is 0.554. The van der Waals surface area contributed by atoms with Crippen LogP contribution >= 0.6 is 0 Å². The second kappa shape index (κ2) is 6.57. The molecule has 2 aliphatic rings. The minimum Gasteiger partial charge on any atom is -0.379 e. The van der Waals surface area contributed by atoms with Gasteiger partial charge in [-0.1, -0.05) is 12.1 Å². The molecule has 2 heterocycles. The van der Waals surface area contributed by atoms with Gasteiger partial charge in [0.25, 0.3) is 0 Å². The van der Waals surface area contributed by atoms with Crippen molar-refractivity contribution < 1.29 is 13.2 Å². The maximum Gasteiger partial charge on any atom is 0.209 e. The first-order chi connectivity index (χ1) is 10.9. The Morgan fingerprint density at radius 1 is 1.39 bits per heavy atom. The summed E-state index contributed by atoms with van der Waals surface area (Å²) in [4.78, 5) is 2.32. The zero-order valence-corrected chi connectivity index (χ0v) is 13.9. The zero-order valence-electron chi connectivity index (χ0n) is 13.1. The van der Waals surface area contributed by atoms with E-state index in [1.54, 1.807) is 6.07 Å². The van der Waals surface area contributed by atoms with Gasteiger partial charge in [-0.15, -0.1) is 0 Å². The van der Waals surface area contributed by atoms with Crippen LogP contribution in [0.3, 0.4) is 0 Å². The largest absolute Gasteiger partial charge is 0.379 e. The minimum atomic E-state index is -3.23. The lowest BCUT2D eigenvalue weighted by Crippen LogP contribution is -2.49. The fourth-order valence-electron chi connectivity index (χ4n) is 3.61. The van der Waals surface area contributed by atoms with Gasteiger partial charge in [-0.3, -0.25) is 4.90 Å². The van der Waals surface area contributed by atoms with Gasteiger partial charge in [-0.2, -0.15) is 5.26 Å². The molecule has 7 heteroatoms. The first-order valence-electron chi connectivity index (χ1n) is 7.71. The number of nitrogens with zero attached hydrogens (tertiary/aromatic N) is 2. The van der Waals surface area contributed by atoms with Crippen molar-refractivity contribution in [3.8, 4) is 6.07 Å². The van der Waals surface area contributed by atoms with Gasteiger partial charge < -0.3 is 4.74 Å². The van der Waals surface area contributed by atoms with Gasteiger partial charge in [0.1, 0.15) is 0 Å². The molecule has 0 saturated carbocycles. The summed E-state index contributed by atoms with van der Waals surface area (Å²) in [6, 6.07) is 9.63. The van der Waals surface area contributed by atoms with Crippen LogP contribution in [0.25, 0.3) is 0 Å². The van der Waals surface area contributed by atoms with E-state index in [0.717, 1.165) is 25.2 Å². The topological polar surface area (TPSA) is 82.4 Å². The molecule has 0 spiro atoms. The van der Waals surface area contributed by atoms with Crippen molar-refractivity contribution in [1.82, 2.24) is 9.62 Å². The molecule has 0 unspecified atom stereocenters. The Balaban J connectivity index is 1.67. The standard InChI is InChI=1S/C16H21N3O3S/c1-23(20,21)18-16-11-22-10-14-8-19(9-15(14)16)7-13-4-2-3-12(5-13)6-17/h2-5,14-16,18H,7-11H2,1H3/t14-,15-,16-/m1/s1. The fraction of sp³-hybridized carbons (Fsp3) is 0.562. The minimum absolute atomic E-state index is 0.154. The number of benzene rings is 1. The van der Waals surface area contributed by atoms with Gasteiger partial charge >= 0.3 is 0 Å². The van der Waals surface area contributed by atoms with Crippen molar-refractivity contribution in [2.45, 2.75) is 12.6 Å². The molecule has 1 aromatic rings. The normalized spacial score (nSPS) is 28.3. The Kier molecular flexibility index (Phi) is 4.69. The molecule has 0 radical (unpaired) electrons. The Morgan fingerprint density at radius 2 is 2.22 bits per heavy atom. The molecule has 3 atom stereocenters. The van der Waals surface area contributed by atoms with Crippen LogP contribution in [-0.4, -0.2) is 51.9 Å². The predicted molar refractivity (Wildman–Crippen MR) is 86.0 cm³/mol. The summed E-state index contributed by atoms with van der Waals surface area (Å²) in [5, 5.41) is 8.99. The van der Waals surface area contributed by atoms with E-state index in [4.69, 9.17) is 10.00 Å². The fourth-order valence-corrected chi connectivity index (χ4v) is 4.41. The first kappa shape index (κ1) is 16.4. The third kappa shape index (κ3) is 4.09. The average molecular weight is 335 g/mol. The van der Waals surface area contributed by atoms with E-state index in [2.05, 4.69) is 15.7 Å². The highest BCUT2D eigenvalue weighted by Crippen LogP contribution is 2.31. The molecule has 124 valence electrons. The van der Waals surface area contributed by atoms with Crippen LogP contribution in [-0.2, 0) is 21.3 Å². The molecule has 6 nitrogen and oxygen atoms in total. The average Bonchev–Trinajstić information content (AvgIpc) is 2.89. The zero-order chi connectivity index (χ0) is 16.4. The van der Waals surface area contributed by atoms with Gasteiger partial charge in [0.2, 0.25) is 10.0 Å². The van der Waals surface area contributed by atoms with Gasteiger partial charge in [0.05, 0.1) is 31.1 Å². The molecule has 23 heavy (non-hydrogen) atoms. The maximum atomic E-state index is 11.5. The summed E-state index contributed by atoms with van der Waals surface area (Å²) in [5.74, 6) is 0.625. The summed E-state index contributed by atoms with van der Waals surface area (Å²) in [5.41, 5.74) is 1.77. The van der Waals surface area contributed by atoms with E-state index in [0.29, 0.717) is 24.7 Å². The van der Waals surface area contributed by atoms with Crippen molar-refractivity contribution >= 4 is 10.0 Å². The number of fused-ring (bicyclic) bond motifs is 1. The summed E-state index contributed by atoms with van der Waals surface area (Å²) in [6.07, 6.45) is 1.19. The monoisotopic (exact) mass is 335 g/mol. The number of ether oxygens (including phenoxy) is 1. The highest BCUT2D eigenvalue weighted by molar-refractivity contribution is 7.88. The van der Waals surface area contributed by atoms with E-state index in [-0.39, 0.29) is 12.0 Å². The molecule has 2 saturated heterocycles. The Labute approximate surface area is 137 Å². The summed E-state index contributed by atoms with van der Waals surface area (Å²) >= 11 is 0. The van der Waals surface area contributed by atoms with E-state index < -0.39 is 10.0 Å². The molecule has 0 amide bonds. The molecule has 2 aliphatic heterocycles. The van der Waals surface area contributed by atoms with E-state index in [1.165, 1.54) is 6.26 Å². The van der Waals surface area contributed by atoms with Gasteiger partial charge in [0, 0.05) is 31.6 Å². The number of rotatable bonds is 4. The first-order valence-corrected chi connectivity index (χ1v) is 9.60. The van der Waals surface area contributed by atoms with E-state index >= 15 is 0 Å². The van der Waals surface area contributed by atoms with Crippen molar-refractivity contribution in [3.63, 3.8) is 0 Å². The number of hydrogen-bond acceptors (Lipinski definition) is 5. The van der Waals surface area contributed by atoms with Crippen LogP contribution in [0.5, 0.6) is 0 Å². The van der Waals surface area contributed by atoms with Crippen LogP contribution in [0.1, 0.15) is 11.1 Å². The van der Waals surface area contributed by atoms with Gasteiger partial charge in [-0.25, -0.2) is 13.1 Å². The van der Waals surface area contributed by atoms with Crippen molar-refractivity contribution in [1.29, 1.82) is 5.26 Å². The second-order valence-electron chi connectivity index (χ2n) is 6.46. The van der Waals surface area contributed by atoms with Crippen LogP contribution in [0.15, 0.2) is 24.3 Å². The highest BCUT2D eigenvalue weighted by atomic mass is 32.2. The smallest absolute Gasteiger partial charge is 0.209 e. The lowest BCUT2D eigenvalue weighted by molar-refractivity contribution is 0.0164. The molecule has 2 fully saturated rings. The van der Waals surface area contributed by atoms with Crippen LogP contribution < -0.4 is 4.72 Å². The molecular formula is C16H21N3O3S. The number of nitriles is 1. The maximum absolute atomic E-state index is 11.5. The number of sulfonamides is 1. The van der Waals surface area contributed by atoms with E-state index in [9.17, 15) is 8.42 Å². The molecule has 0 bridgehead atoms. The molecular weight excluding hydrogens is 314 g/mol. The third-order valence-electron chi connectivity index (χ3n) is 4.54. The Bertz CT molecular complexity index is 714. The van der Waals surface area contributed by atoms with Gasteiger partial charge in [0.15, 0.2) is 0 Å². The molecule has 3 rings (SSSR count). The Morgan fingerprint density at radius 3 is 2.96 bits per heavy atom. The van der Waals surface area contributed by atoms with Crippen LogP contribution in [0.4, 0.5) is 0 Å². The lowest BCUT2D eigenvalue weighted by atomic mass is 9.88.